The fourth-order valence-corrected chi connectivity index (χ4v) is 4.12. The molecule has 5 nitrogen and oxygen atoms in total. The molecule has 0 aliphatic heterocycles. The maximum atomic E-state index is 13.1. The number of thiophene rings is 1. The van der Waals surface area contributed by atoms with Gasteiger partial charge < -0.3 is 5.11 Å². The lowest BCUT2D eigenvalue weighted by Gasteiger charge is -2.08. The van der Waals surface area contributed by atoms with Crippen LogP contribution in [0.4, 0.5) is 10.1 Å². The average Bonchev–Trinajstić information content (AvgIpc) is 2.83. The summed E-state index contributed by atoms with van der Waals surface area (Å²) in [5.74, 6) is -1.85. The smallest absolute Gasteiger partial charge is 0.347 e. The first-order chi connectivity index (χ1) is 9.31. The third-order valence-electron chi connectivity index (χ3n) is 2.28. The summed E-state index contributed by atoms with van der Waals surface area (Å²) >= 11 is 3.75. The van der Waals surface area contributed by atoms with Gasteiger partial charge in [-0.3, -0.25) is 4.72 Å². The van der Waals surface area contributed by atoms with Crippen molar-refractivity contribution in [3.05, 3.63) is 44.8 Å². The number of nitrogens with one attached hydrogen (secondary N) is 1. The molecule has 1 heterocycles. The van der Waals surface area contributed by atoms with Crippen molar-refractivity contribution in [2.24, 2.45) is 0 Å². The molecule has 0 unspecified atom stereocenters. The van der Waals surface area contributed by atoms with E-state index in [1.807, 2.05) is 0 Å². The standard InChI is InChI=1S/C11H7BrFNO4S2/c12-7-5-6(1-2-8(7)13)14-20(17,18)9-3-4-19-10(9)11(15)16/h1-5,14H,(H,15,16). The number of benzene rings is 1. The first kappa shape index (κ1) is 14.9. The van der Waals surface area contributed by atoms with Crippen molar-refractivity contribution >= 4 is 48.9 Å². The normalized spacial score (nSPS) is 11.3. The Kier molecular flexibility index (Phi) is 4.11. The Labute approximate surface area is 126 Å². The number of rotatable bonds is 4. The number of carbonyl (C=O) groups is 1. The molecule has 106 valence electrons. The number of hydrogen-bond donors (Lipinski definition) is 2. The molecule has 20 heavy (non-hydrogen) atoms. The molecule has 0 spiro atoms. The molecule has 0 saturated carbocycles. The van der Waals surface area contributed by atoms with E-state index in [1.54, 1.807) is 0 Å². The van der Waals surface area contributed by atoms with Crippen LogP contribution in [0.3, 0.4) is 0 Å². The van der Waals surface area contributed by atoms with Gasteiger partial charge in [0.15, 0.2) is 0 Å². The first-order valence-electron chi connectivity index (χ1n) is 5.10. The topological polar surface area (TPSA) is 83.5 Å². The van der Waals surface area contributed by atoms with Crippen LogP contribution in [-0.4, -0.2) is 19.5 Å². The Morgan fingerprint density at radius 2 is 2.05 bits per heavy atom. The van der Waals surface area contributed by atoms with Gasteiger partial charge in [0, 0.05) is 0 Å². The molecule has 0 aliphatic rings. The molecule has 2 N–H and O–H groups in total. The van der Waals surface area contributed by atoms with E-state index in [1.165, 1.54) is 23.6 Å². The fraction of sp³-hybridized carbons (Fsp3) is 0. The molecule has 0 fully saturated rings. The highest BCUT2D eigenvalue weighted by atomic mass is 79.9. The largest absolute Gasteiger partial charge is 0.477 e. The lowest BCUT2D eigenvalue weighted by atomic mass is 10.3. The number of aromatic carboxylic acids is 1. The Balaban J connectivity index is 2.38. The highest BCUT2D eigenvalue weighted by Gasteiger charge is 2.24. The molecule has 2 rings (SSSR count). The van der Waals surface area contributed by atoms with Gasteiger partial charge in [-0.15, -0.1) is 11.3 Å². The van der Waals surface area contributed by atoms with Gasteiger partial charge >= 0.3 is 5.97 Å². The van der Waals surface area contributed by atoms with Crippen LogP contribution in [0.2, 0.25) is 0 Å². The van der Waals surface area contributed by atoms with Gasteiger partial charge in [0.25, 0.3) is 10.0 Å². The maximum absolute atomic E-state index is 13.1. The van der Waals surface area contributed by atoms with E-state index >= 15 is 0 Å². The summed E-state index contributed by atoms with van der Waals surface area (Å²) in [5.41, 5.74) is 0.126. The fourth-order valence-electron chi connectivity index (χ4n) is 1.43. The lowest BCUT2D eigenvalue weighted by Crippen LogP contribution is -2.15. The summed E-state index contributed by atoms with van der Waals surface area (Å²) in [6.45, 7) is 0. The number of hydrogen-bond acceptors (Lipinski definition) is 4. The van der Waals surface area contributed by atoms with E-state index < -0.39 is 21.8 Å². The molecule has 2 aromatic rings. The minimum atomic E-state index is -4.04. The lowest BCUT2D eigenvalue weighted by molar-refractivity contribution is 0.0698. The molecule has 0 saturated heterocycles. The van der Waals surface area contributed by atoms with Crippen LogP contribution >= 0.6 is 27.3 Å². The van der Waals surface area contributed by atoms with Crippen LogP contribution in [0.5, 0.6) is 0 Å². The van der Waals surface area contributed by atoms with Gasteiger partial charge in [-0.05, 0) is 45.6 Å². The zero-order valence-electron chi connectivity index (χ0n) is 9.63. The molecular formula is C11H7BrFNO4S2. The maximum Gasteiger partial charge on any atom is 0.347 e. The van der Waals surface area contributed by atoms with Crippen LogP contribution in [0.25, 0.3) is 0 Å². The molecule has 9 heteroatoms. The van der Waals surface area contributed by atoms with Crippen LogP contribution < -0.4 is 4.72 Å². The van der Waals surface area contributed by atoms with E-state index in [2.05, 4.69) is 20.7 Å². The van der Waals surface area contributed by atoms with Gasteiger partial charge in [0.2, 0.25) is 0 Å². The predicted octanol–water partition coefficient (Wildman–Crippen LogP) is 3.15. The predicted molar refractivity (Wildman–Crippen MR) is 76.2 cm³/mol. The van der Waals surface area contributed by atoms with Crippen LogP contribution in [0.1, 0.15) is 9.67 Å². The van der Waals surface area contributed by atoms with Crippen molar-refractivity contribution in [1.29, 1.82) is 0 Å². The monoisotopic (exact) mass is 379 g/mol. The van der Waals surface area contributed by atoms with Gasteiger partial charge in [-0.25, -0.2) is 17.6 Å². The highest BCUT2D eigenvalue weighted by Crippen LogP contribution is 2.26. The second-order valence-electron chi connectivity index (χ2n) is 3.65. The number of carboxylic acid groups (broad SMARTS) is 1. The quantitative estimate of drug-likeness (QED) is 0.854. The van der Waals surface area contributed by atoms with Gasteiger partial charge in [-0.1, -0.05) is 0 Å². The number of anilines is 1. The zero-order chi connectivity index (χ0) is 14.9. The summed E-state index contributed by atoms with van der Waals surface area (Å²) in [6, 6.07) is 4.78. The van der Waals surface area contributed by atoms with Crippen LogP contribution in [-0.2, 0) is 10.0 Å². The van der Waals surface area contributed by atoms with Crippen LogP contribution in [0, 0.1) is 5.82 Å². The Hall–Kier alpha value is -1.45. The number of sulfonamides is 1. The molecule has 1 aromatic carbocycles. The number of halogens is 2. The van der Waals surface area contributed by atoms with Crippen LogP contribution in [0.15, 0.2) is 39.0 Å². The minimum Gasteiger partial charge on any atom is -0.477 e. The molecule has 0 atom stereocenters. The molecule has 0 radical (unpaired) electrons. The zero-order valence-corrected chi connectivity index (χ0v) is 12.9. The second-order valence-corrected chi connectivity index (χ2v) is 7.07. The van der Waals surface area contributed by atoms with Crippen molar-refractivity contribution in [1.82, 2.24) is 0 Å². The molecule has 1 aromatic heterocycles. The Bertz CT molecular complexity index is 772. The van der Waals surface area contributed by atoms with Crippen molar-refractivity contribution in [2.75, 3.05) is 4.72 Å². The molecule has 0 bridgehead atoms. The second kappa shape index (κ2) is 5.51. The van der Waals surface area contributed by atoms with E-state index in [-0.39, 0.29) is 19.9 Å². The summed E-state index contributed by atoms with van der Waals surface area (Å²) in [5, 5.41) is 10.3. The van der Waals surface area contributed by atoms with Gasteiger partial charge in [0.05, 0.1) is 10.2 Å². The van der Waals surface area contributed by atoms with Gasteiger partial charge in [-0.2, -0.15) is 0 Å². The van der Waals surface area contributed by atoms with Crippen molar-refractivity contribution in [3.63, 3.8) is 0 Å². The third-order valence-corrected chi connectivity index (χ3v) is 5.35. The molecule has 0 amide bonds. The van der Waals surface area contributed by atoms with E-state index in [4.69, 9.17) is 5.11 Å². The highest BCUT2D eigenvalue weighted by molar-refractivity contribution is 9.10. The Morgan fingerprint density at radius 3 is 2.65 bits per heavy atom. The third kappa shape index (κ3) is 3.00. The Morgan fingerprint density at radius 1 is 1.35 bits per heavy atom. The average molecular weight is 380 g/mol. The van der Waals surface area contributed by atoms with E-state index in [9.17, 15) is 17.6 Å². The summed E-state index contributed by atoms with van der Waals surface area (Å²) in [6.07, 6.45) is 0. The van der Waals surface area contributed by atoms with Crippen molar-refractivity contribution in [3.8, 4) is 0 Å². The van der Waals surface area contributed by atoms with E-state index in [0.717, 1.165) is 17.4 Å². The summed E-state index contributed by atoms with van der Waals surface area (Å²) < 4.78 is 39.6. The van der Waals surface area contributed by atoms with Gasteiger partial charge in [0.1, 0.15) is 15.6 Å². The van der Waals surface area contributed by atoms with Crippen molar-refractivity contribution < 1.29 is 22.7 Å². The minimum absolute atomic E-state index is 0.0986. The molecule has 0 aliphatic carbocycles. The van der Waals surface area contributed by atoms with Crippen molar-refractivity contribution in [2.45, 2.75) is 4.90 Å². The SMILES string of the molecule is O=C(O)c1sccc1S(=O)(=O)Nc1ccc(F)c(Br)c1. The summed E-state index contributed by atoms with van der Waals surface area (Å²) in [4.78, 5) is 10.3. The first-order valence-corrected chi connectivity index (χ1v) is 8.25. The van der Waals surface area contributed by atoms with E-state index in [0.29, 0.717) is 0 Å². The summed E-state index contributed by atoms with van der Waals surface area (Å²) in [7, 11) is -4.04. The molecular weight excluding hydrogens is 373 g/mol. The number of carboxylic acids is 1.